The molecule has 4 nitrogen and oxygen atoms in total. The van der Waals surface area contributed by atoms with E-state index in [0.29, 0.717) is 26.1 Å². The number of hydrogen-bond donors (Lipinski definition) is 1. The van der Waals surface area contributed by atoms with Gasteiger partial charge in [0.1, 0.15) is 5.75 Å². The van der Waals surface area contributed by atoms with Crippen LogP contribution in [0.5, 0.6) is 5.75 Å². The molecule has 0 aromatic heterocycles. The third kappa shape index (κ3) is 3.96. The lowest BCUT2D eigenvalue weighted by Crippen LogP contribution is -2.51. The van der Waals surface area contributed by atoms with E-state index in [1.54, 1.807) is 4.90 Å². The monoisotopic (exact) mass is 263 g/mol. The minimum Gasteiger partial charge on any atom is -0.494 e. The van der Waals surface area contributed by atoms with Gasteiger partial charge in [-0.05, 0) is 31.0 Å². The second-order valence-corrected chi connectivity index (χ2v) is 5.12. The van der Waals surface area contributed by atoms with E-state index < -0.39 is 0 Å². The van der Waals surface area contributed by atoms with Gasteiger partial charge < -0.3 is 14.7 Å². The highest BCUT2D eigenvalue weighted by molar-refractivity contribution is 5.76. The van der Waals surface area contributed by atoms with E-state index in [0.717, 1.165) is 12.2 Å². The van der Waals surface area contributed by atoms with E-state index in [4.69, 9.17) is 9.84 Å². The lowest BCUT2D eigenvalue weighted by atomic mass is 10.0. The summed E-state index contributed by atoms with van der Waals surface area (Å²) in [6.07, 6.45) is 1.25. The van der Waals surface area contributed by atoms with Crippen molar-refractivity contribution in [3.8, 4) is 5.75 Å². The van der Waals surface area contributed by atoms with Crippen molar-refractivity contribution in [3.05, 3.63) is 29.8 Å². The van der Waals surface area contributed by atoms with Crippen molar-refractivity contribution >= 4 is 5.91 Å². The minimum absolute atomic E-state index is 0.164. The molecule has 2 rings (SSSR count). The molecule has 104 valence electrons. The van der Waals surface area contributed by atoms with Crippen LogP contribution in [-0.4, -0.2) is 42.2 Å². The van der Waals surface area contributed by atoms with Gasteiger partial charge in [0.25, 0.3) is 0 Å². The van der Waals surface area contributed by atoms with Crippen LogP contribution in [0.4, 0.5) is 0 Å². The smallest absolute Gasteiger partial charge is 0.222 e. The van der Waals surface area contributed by atoms with Crippen LogP contribution in [0.2, 0.25) is 0 Å². The average Bonchev–Trinajstić information content (AvgIpc) is 2.33. The largest absolute Gasteiger partial charge is 0.494 e. The van der Waals surface area contributed by atoms with Crippen LogP contribution in [-0.2, 0) is 4.79 Å². The Hall–Kier alpha value is -1.55. The molecular formula is C15H21NO3. The van der Waals surface area contributed by atoms with Gasteiger partial charge in [-0.1, -0.05) is 12.1 Å². The number of nitrogens with zero attached hydrogens (tertiary/aromatic N) is 1. The van der Waals surface area contributed by atoms with Crippen molar-refractivity contribution in [2.75, 3.05) is 26.3 Å². The number of carbonyl (C=O) groups is 1. The molecule has 0 unspecified atom stereocenters. The zero-order valence-electron chi connectivity index (χ0n) is 11.3. The number of aliphatic hydroxyl groups is 1. The Kier molecular flexibility index (Phi) is 4.80. The molecule has 0 saturated carbocycles. The predicted molar refractivity (Wildman–Crippen MR) is 73.1 cm³/mol. The first kappa shape index (κ1) is 13.9. The van der Waals surface area contributed by atoms with Crippen LogP contribution in [0, 0.1) is 12.8 Å². The van der Waals surface area contributed by atoms with E-state index >= 15 is 0 Å². The zero-order valence-corrected chi connectivity index (χ0v) is 11.3. The van der Waals surface area contributed by atoms with Crippen molar-refractivity contribution in [1.29, 1.82) is 0 Å². The van der Waals surface area contributed by atoms with Crippen molar-refractivity contribution in [3.63, 3.8) is 0 Å². The Morgan fingerprint density at radius 2 is 2.26 bits per heavy atom. The molecule has 1 amide bonds. The van der Waals surface area contributed by atoms with Gasteiger partial charge in [0.15, 0.2) is 0 Å². The second kappa shape index (κ2) is 6.57. The number of aliphatic hydroxyl groups excluding tert-OH is 1. The number of hydrogen-bond acceptors (Lipinski definition) is 3. The van der Waals surface area contributed by atoms with Gasteiger partial charge in [0.2, 0.25) is 5.91 Å². The van der Waals surface area contributed by atoms with Crippen LogP contribution in [0.1, 0.15) is 18.4 Å². The molecule has 1 fully saturated rings. The van der Waals surface area contributed by atoms with Gasteiger partial charge in [0.05, 0.1) is 6.61 Å². The summed E-state index contributed by atoms with van der Waals surface area (Å²) in [5.41, 5.74) is 1.17. The Morgan fingerprint density at radius 1 is 1.47 bits per heavy atom. The number of amides is 1. The van der Waals surface area contributed by atoms with E-state index in [1.807, 2.05) is 31.2 Å². The highest BCUT2D eigenvalue weighted by Gasteiger charge is 2.29. The van der Waals surface area contributed by atoms with E-state index in [1.165, 1.54) is 5.56 Å². The van der Waals surface area contributed by atoms with Gasteiger partial charge >= 0.3 is 0 Å². The lowest BCUT2D eigenvalue weighted by molar-refractivity contribution is -0.138. The van der Waals surface area contributed by atoms with Gasteiger partial charge in [0, 0.05) is 32.0 Å². The van der Waals surface area contributed by atoms with Crippen molar-refractivity contribution in [2.24, 2.45) is 5.92 Å². The summed E-state index contributed by atoms with van der Waals surface area (Å²) in [5.74, 6) is 1.31. The quantitative estimate of drug-likeness (QED) is 0.793. The third-order valence-corrected chi connectivity index (χ3v) is 3.36. The molecule has 1 aliphatic heterocycles. The highest BCUT2D eigenvalue weighted by atomic mass is 16.5. The summed E-state index contributed by atoms with van der Waals surface area (Å²) in [6, 6.07) is 7.90. The molecule has 1 saturated heterocycles. The summed E-state index contributed by atoms with van der Waals surface area (Å²) in [6.45, 7) is 4.17. The number of ether oxygens (including phenoxy) is 1. The van der Waals surface area contributed by atoms with Crippen molar-refractivity contribution in [2.45, 2.75) is 19.8 Å². The van der Waals surface area contributed by atoms with Gasteiger partial charge in [-0.25, -0.2) is 0 Å². The Labute approximate surface area is 114 Å². The molecule has 0 atom stereocenters. The molecule has 0 aliphatic carbocycles. The molecule has 1 aliphatic rings. The number of likely N-dealkylation sites (tertiary alicyclic amines) is 1. The van der Waals surface area contributed by atoms with Crippen LogP contribution >= 0.6 is 0 Å². The fraction of sp³-hybridized carbons (Fsp3) is 0.533. The number of rotatable bonds is 6. The molecule has 0 radical (unpaired) electrons. The number of benzene rings is 1. The first-order valence-electron chi connectivity index (χ1n) is 6.77. The average molecular weight is 263 g/mol. The summed E-state index contributed by atoms with van der Waals surface area (Å²) >= 11 is 0. The second-order valence-electron chi connectivity index (χ2n) is 5.12. The normalized spacial score (nSPS) is 15.2. The maximum Gasteiger partial charge on any atom is 0.222 e. The predicted octanol–water partition coefficient (Wildman–Crippen LogP) is 1.60. The van der Waals surface area contributed by atoms with Crippen LogP contribution in [0.15, 0.2) is 24.3 Å². The molecule has 4 heteroatoms. The van der Waals surface area contributed by atoms with Crippen molar-refractivity contribution in [1.82, 2.24) is 4.90 Å². The Balaban J connectivity index is 1.61. The highest BCUT2D eigenvalue weighted by Crippen LogP contribution is 2.17. The third-order valence-electron chi connectivity index (χ3n) is 3.36. The molecule has 19 heavy (non-hydrogen) atoms. The Bertz CT molecular complexity index is 427. The molecular weight excluding hydrogens is 242 g/mol. The standard InChI is InChI=1S/C15H21NO3/c1-12-4-2-5-14(8-12)19-7-3-6-15(18)16-9-13(10-16)11-17/h2,4-5,8,13,17H,3,6-7,9-11H2,1H3. The van der Waals surface area contributed by atoms with Gasteiger partial charge in [-0.2, -0.15) is 0 Å². The molecule has 1 heterocycles. The summed E-state index contributed by atoms with van der Waals surface area (Å²) < 4.78 is 5.60. The number of carbonyl (C=O) groups excluding carboxylic acids is 1. The van der Waals surface area contributed by atoms with Crippen LogP contribution in [0.3, 0.4) is 0 Å². The first-order valence-corrected chi connectivity index (χ1v) is 6.77. The summed E-state index contributed by atoms with van der Waals surface area (Å²) in [4.78, 5) is 13.5. The van der Waals surface area contributed by atoms with E-state index in [-0.39, 0.29) is 18.4 Å². The Morgan fingerprint density at radius 3 is 2.95 bits per heavy atom. The topological polar surface area (TPSA) is 49.8 Å². The SMILES string of the molecule is Cc1cccc(OCCCC(=O)N2CC(CO)C2)c1. The number of aryl methyl sites for hydroxylation is 1. The van der Waals surface area contributed by atoms with E-state index in [9.17, 15) is 4.79 Å². The van der Waals surface area contributed by atoms with E-state index in [2.05, 4.69) is 0 Å². The maximum absolute atomic E-state index is 11.7. The lowest BCUT2D eigenvalue weighted by Gasteiger charge is -2.38. The molecule has 1 N–H and O–H groups in total. The zero-order chi connectivity index (χ0) is 13.7. The first-order chi connectivity index (χ1) is 9.19. The summed E-state index contributed by atoms with van der Waals surface area (Å²) in [7, 11) is 0. The molecule has 0 bridgehead atoms. The summed E-state index contributed by atoms with van der Waals surface area (Å²) in [5, 5.41) is 8.89. The fourth-order valence-corrected chi connectivity index (χ4v) is 2.17. The van der Waals surface area contributed by atoms with Gasteiger partial charge in [-0.3, -0.25) is 4.79 Å². The fourth-order valence-electron chi connectivity index (χ4n) is 2.17. The van der Waals surface area contributed by atoms with Crippen molar-refractivity contribution < 1.29 is 14.6 Å². The molecule has 0 spiro atoms. The van der Waals surface area contributed by atoms with Crippen LogP contribution < -0.4 is 4.74 Å². The maximum atomic E-state index is 11.7. The molecule has 1 aromatic rings. The molecule has 1 aromatic carbocycles. The minimum atomic E-state index is 0.164. The van der Waals surface area contributed by atoms with Gasteiger partial charge in [-0.15, -0.1) is 0 Å². The van der Waals surface area contributed by atoms with Crippen LogP contribution in [0.25, 0.3) is 0 Å².